The third kappa shape index (κ3) is 3.68. The Morgan fingerprint density at radius 1 is 0.968 bits per heavy atom. The van der Waals surface area contributed by atoms with E-state index in [0.717, 1.165) is 48.0 Å². The lowest BCUT2D eigenvalue weighted by Crippen LogP contribution is -2.31. The predicted molar refractivity (Wildman–Crippen MR) is 122 cm³/mol. The summed E-state index contributed by atoms with van der Waals surface area (Å²) in [6.07, 6.45) is 2.10. The molecule has 1 amide bonds. The first-order chi connectivity index (χ1) is 15.1. The molecular formula is C24H22ClN5O. The Balaban J connectivity index is 1.68. The van der Waals surface area contributed by atoms with Crippen molar-refractivity contribution in [1.29, 1.82) is 0 Å². The Kier molecular flexibility index (Phi) is 5.16. The van der Waals surface area contributed by atoms with Gasteiger partial charge in [0, 0.05) is 24.2 Å². The largest absolute Gasteiger partial charge is 0.341 e. The fourth-order valence-electron chi connectivity index (χ4n) is 4.10. The number of amides is 1. The molecule has 0 spiro atoms. The van der Waals surface area contributed by atoms with Crippen LogP contribution in [0.5, 0.6) is 0 Å². The second-order valence-corrected chi connectivity index (χ2v) is 8.27. The molecule has 0 unspecified atom stereocenters. The molecular weight excluding hydrogens is 410 g/mol. The summed E-state index contributed by atoms with van der Waals surface area (Å²) in [5.74, 6) is 0.0442. The molecule has 6 nitrogen and oxygen atoms in total. The minimum absolute atomic E-state index is 0.0442. The number of carbonyl (C=O) groups excluding carboxylic acids is 1. The van der Waals surface area contributed by atoms with E-state index >= 15 is 0 Å². The molecule has 0 aliphatic carbocycles. The van der Waals surface area contributed by atoms with Crippen LogP contribution in [0.2, 0.25) is 5.02 Å². The molecule has 7 heteroatoms. The van der Waals surface area contributed by atoms with Crippen molar-refractivity contribution in [2.24, 2.45) is 0 Å². The summed E-state index contributed by atoms with van der Waals surface area (Å²) in [4.78, 5) is 14.7. The number of aromatic nitrogens is 4. The summed E-state index contributed by atoms with van der Waals surface area (Å²) >= 11 is 6.90. The van der Waals surface area contributed by atoms with Gasteiger partial charge in [0.2, 0.25) is 5.91 Å². The number of likely N-dealkylation sites (tertiary alicyclic amines) is 1. The Morgan fingerprint density at radius 3 is 2.45 bits per heavy atom. The average Bonchev–Trinajstić information content (AvgIpc) is 3.44. The van der Waals surface area contributed by atoms with Crippen molar-refractivity contribution in [3.8, 4) is 22.5 Å². The van der Waals surface area contributed by atoms with Crippen molar-refractivity contribution in [1.82, 2.24) is 24.9 Å². The predicted octanol–water partition coefficient (Wildman–Crippen LogP) is 4.74. The van der Waals surface area contributed by atoms with E-state index in [0.29, 0.717) is 22.1 Å². The van der Waals surface area contributed by atoms with Gasteiger partial charge in [-0.15, -0.1) is 10.2 Å². The number of carbonyl (C=O) groups is 1. The molecule has 0 bridgehead atoms. The standard InChI is InChI=1S/C24H22ClN5O/c1-16-8-7-11-18(14-16)22-20-21(25)23(17-9-3-2-4-10-17)26-27-24(20)30(28-22)15-19(31)29-12-5-6-13-29/h2-4,7-11,14H,5-6,12-13,15H2,1H3. The van der Waals surface area contributed by atoms with Gasteiger partial charge in [-0.3, -0.25) is 4.79 Å². The highest BCUT2D eigenvalue weighted by atomic mass is 35.5. The van der Waals surface area contributed by atoms with Crippen LogP contribution < -0.4 is 0 Å². The number of hydrogen-bond donors (Lipinski definition) is 0. The molecule has 5 rings (SSSR count). The van der Waals surface area contributed by atoms with Crippen LogP contribution >= 0.6 is 11.6 Å². The highest BCUT2D eigenvalue weighted by molar-refractivity contribution is 6.38. The summed E-state index contributed by atoms with van der Waals surface area (Å²) < 4.78 is 1.64. The Bertz CT molecular complexity index is 1260. The molecule has 2 aromatic carbocycles. The van der Waals surface area contributed by atoms with Gasteiger partial charge in [-0.1, -0.05) is 65.7 Å². The molecule has 4 aromatic rings. The van der Waals surface area contributed by atoms with Crippen LogP contribution in [0.15, 0.2) is 54.6 Å². The summed E-state index contributed by atoms with van der Waals surface area (Å²) in [5.41, 5.74) is 4.78. The Morgan fingerprint density at radius 2 is 1.71 bits per heavy atom. The minimum atomic E-state index is 0.0442. The monoisotopic (exact) mass is 431 g/mol. The van der Waals surface area contributed by atoms with Gasteiger partial charge in [-0.25, -0.2) is 4.68 Å². The summed E-state index contributed by atoms with van der Waals surface area (Å²) in [5, 5.41) is 14.9. The first kappa shape index (κ1) is 19.7. The third-order valence-electron chi connectivity index (χ3n) is 5.68. The molecule has 3 heterocycles. The van der Waals surface area contributed by atoms with Gasteiger partial charge in [0.15, 0.2) is 5.65 Å². The third-order valence-corrected chi connectivity index (χ3v) is 6.05. The maximum Gasteiger partial charge on any atom is 0.244 e. The van der Waals surface area contributed by atoms with Gasteiger partial charge >= 0.3 is 0 Å². The normalized spacial score (nSPS) is 13.8. The van der Waals surface area contributed by atoms with Crippen LogP contribution in [0.25, 0.3) is 33.5 Å². The smallest absolute Gasteiger partial charge is 0.244 e. The lowest BCUT2D eigenvalue weighted by Gasteiger charge is -2.15. The molecule has 1 saturated heterocycles. The van der Waals surface area contributed by atoms with Gasteiger partial charge < -0.3 is 4.90 Å². The summed E-state index contributed by atoms with van der Waals surface area (Å²) in [6, 6.07) is 17.8. The van der Waals surface area contributed by atoms with E-state index in [2.05, 4.69) is 16.3 Å². The fraction of sp³-hybridized carbons (Fsp3) is 0.250. The SMILES string of the molecule is Cc1cccc(-c2nn(CC(=O)N3CCCC3)c3nnc(-c4ccccc4)c(Cl)c23)c1. The number of halogens is 1. The average molecular weight is 432 g/mol. The highest BCUT2D eigenvalue weighted by Gasteiger charge is 2.24. The van der Waals surface area contributed by atoms with E-state index < -0.39 is 0 Å². The minimum Gasteiger partial charge on any atom is -0.341 e. The molecule has 156 valence electrons. The second kappa shape index (κ2) is 8.12. The van der Waals surface area contributed by atoms with Crippen molar-refractivity contribution >= 4 is 28.5 Å². The lowest BCUT2D eigenvalue weighted by atomic mass is 10.1. The van der Waals surface area contributed by atoms with Crippen molar-refractivity contribution in [3.05, 3.63) is 65.2 Å². The Hall–Kier alpha value is -3.25. The van der Waals surface area contributed by atoms with Gasteiger partial charge in [-0.2, -0.15) is 5.10 Å². The van der Waals surface area contributed by atoms with Gasteiger partial charge in [0.25, 0.3) is 0 Å². The molecule has 1 fully saturated rings. The van der Waals surface area contributed by atoms with Crippen molar-refractivity contribution in [3.63, 3.8) is 0 Å². The van der Waals surface area contributed by atoms with E-state index in [9.17, 15) is 4.79 Å². The van der Waals surface area contributed by atoms with Crippen molar-refractivity contribution in [2.45, 2.75) is 26.3 Å². The zero-order chi connectivity index (χ0) is 21.4. The van der Waals surface area contributed by atoms with E-state index in [4.69, 9.17) is 16.7 Å². The second-order valence-electron chi connectivity index (χ2n) is 7.89. The molecule has 1 aliphatic heterocycles. The van der Waals surface area contributed by atoms with Crippen LogP contribution in [0.3, 0.4) is 0 Å². The molecule has 0 radical (unpaired) electrons. The van der Waals surface area contributed by atoms with Crippen LogP contribution in [-0.4, -0.2) is 43.9 Å². The first-order valence-corrected chi connectivity index (χ1v) is 10.8. The molecule has 2 aromatic heterocycles. The van der Waals surface area contributed by atoms with Gasteiger partial charge in [-0.05, 0) is 25.8 Å². The summed E-state index contributed by atoms with van der Waals surface area (Å²) in [6.45, 7) is 3.76. The van der Waals surface area contributed by atoms with E-state index in [-0.39, 0.29) is 12.5 Å². The van der Waals surface area contributed by atoms with Gasteiger partial charge in [0.05, 0.1) is 10.4 Å². The molecule has 0 atom stereocenters. The van der Waals surface area contributed by atoms with E-state index in [1.807, 2.05) is 60.4 Å². The van der Waals surface area contributed by atoms with Crippen LogP contribution in [-0.2, 0) is 11.3 Å². The number of hydrogen-bond acceptors (Lipinski definition) is 4. The number of nitrogens with zero attached hydrogens (tertiary/aromatic N) is 5. The van der Waals surface area contributed by atoms with Crippen molar-refractivity contribution < 1.29 is 4.79 Å². The van der Waals surface area contributed by atoms with Crippen LogP contribution in [0.1, 0.15) is 18.4 Å². The number of benzene rings is 2. The van der Waals surface area contributed by atoms with Crippen LogP contribution in [0.4, 0.5) is 0 Å². The zero-order valence-corrected chi connectivity index (χ0v) is 18.0. The maximum absolute atomic E-state index is 12.8. The lowest BCUT2D eigenvalue weighted by molar-refractivity contribution is -0.130. The topological polar surface area (TPSA) is 63.9 Å². The molecule has 0 saturated carbocycles. The van der Waals surface area contributed by atoms with E-state index in [1.165, 1.54) is 0 Å². The first-order valence-electron chi connectivity index (χ1n) is 10.4. The highest BCUT2D eigenvalue weighted by Crippen LogP contribution is 2.37. The molecule has 31 heavy (non-hydrogen) atoms. The van der Waals surface area contributed by atoms with Crippen LogP contribution in [0, 0.1) is 6.92 Å². The quantitative estimate of drug-likeness (QED) is 0.468. The fourth-order valence-corrected chi connectivity index (χ4v) is 4.42. The number of rotatable bonds is 4. The number of fused-ring (bicyclic) bond motifs is 1. The van der Waals surface area contributed by atoms with Crippen molar-refractivity contribution in [2.75, 3.05) is 13.1 Å². The maximum atomic E-state index is 12.8. The van der Waals surface area contributed by atoms with E-state index in [1.54, 1.807) is 4.68 Å². The summed E-state index contributed by atoms with van der Waals surface area (Å²) in [7, 11) is 0. The van der Waals surface area contributed by atoms with Gasteiger partial charge in [0.1, 0.15) is 17.9 Å². The Labute approximate surface area is 185 Å². The molecule has 0 N–H and O–H groups in total. The number of aryl methyl sites for hydroxylation is 1. The molecule has 1 aliphatic rings. The zero-order valence-electron chi connectivity index (χ0n) is 17.3.